The topological polar surface area (TPSA) is 87.3 Å². The number of amides is 1. The second-order valence-corrected chi connectivity index (χ2v) is 6.84. The average Bonchev–Trinajstić information content (AvgIpc) is 3.16. The Kier molecular flexibility index (Phi) is 5.29. The van der Waals surface area contributed by atoms with Crippen molar-refractivity contribution in [1.82, 2.24) is 15.3 Å². The van der Waals surface area contributed by atoms with Crippen LogP contribution in [-0.4, -0.2) is 42.6 Å². The Hall–Kier alpha value is -3.61. The van der Waals surface area contributed by atoms with E-state index in [1.165, 1.54) is 11.3 Å². The van der Waals surface area contributed by atoms with Gasteiger partial charge in [-0.2, -0.15) is 4.98 Å². The molecule has 0 fully saturated rings. The Morgan fingerprint density at radius 3 is 2.79 bits per heavy atom. The summed E-state index contributed by atoms with van der Waals surface area (Å²) in [7, 11) is 1.59. The molecule has 148 valence electrons. The summed E-state index contributed by atoms with van der Waals surface area (Å²) in [5.74, 6) is 0.381. The molecule has 1 amide bonds. The number of aromatic nitrogens is 2. The Morgan fingerprint density at radius 1 is 1.21 bits per heavy atom. The first-order chi connectivity index (χ1) is 14.1. The van der Waals surface area contributed by atoms with Crippen molar-refractivity contribution < 1.29 is 9.53 Å². The number of para-hydroxylation sites is 1. The second-order valence-electron chi connectivity index (χ2n) is 6.84. The van der Waals surface area contributed by atoms with Gasteiger partial charge in [0.1, 0.15) is 11.4 Å². The number of carbonyl (C=O) groups excluding carboxylic acids is 1. The first-order valence-electron chi connectivity index (χ1n) is 9.51. The van der Waals surface area contributed by atoms with E-state index >= 15 is 0 Å². The van der Waals surface area contributed by atoms with Crippen LogP contribution < -0.4 is 20.6 Å². The molecule has 29 heavy (non-hydrogen) atoms. The van der Waals surface area contributed by atoms with Gasteiger partial charge < -0.3 is 19.9 Å². The molecule has 0 aliphatic carbocycles. The van der Waals surface area contributed by atoms with Crippen molar-refractivity contribution in [3.8, 4) is 17.0 Å². The van der Waals surface area contributed by atoms with Gasteiger partial charge in [0.05, 0.1) is 12.8 Å². The highest BCUT2D eigenvalue weighted by Crippen LogP contribution is 2.26. The minimum atomic E-state index is -0.558. The van der Waals surface area contributed by atoms with E-state index in [1.54, 1.807) is 37.4 Å². The molecule has 0 radical (unpaired) electrons. The summed E-state index contributed by atoms with van der Waals surface area (Å²) >= 11 is 0. The van der Waals surface area contributed by atoms with Crippen LogP contribution in [0.3, 0.4) is 0 Å². The smallest absolute Gasteiger partial charge is 0.346 e. The summed E-state index contributed by atoms with van der Waals surface area (Å²) < 4.78 is 5.14. The maximum Gasteiger partial charge on any atom is 0.346 e. The van der Waals surface area contributed by atoms with Crippen LogP contribution in [0.4, 0.5) is 5.69 Å². The largest absolute Gasteiger partial charge is 0.497 e. The molecule has 7 nitrogen and oxygen atoms in total. The molecule has 0 bridgehead atoms. The molecule has 2 heterocycles. The van der Waals surface area contributed by atoms with Crippen LogP contribution in [0.5, 0.6) is 5.75 Å². The first kappa shape index (κ1) is 18.7. The molecule has 0 atom stereocenters. The van der Waals surface area contributed by atoms with Crippen molar-refractivity contribution in [3.05, 3.63) is 76.3 Å². The van der Waals surface area contributed by atoms with Crippen molar-refractivity contribution in [3.63, 3.8) is 0 Å². The highest BCUT2D eigenvalue weighted by atomic mass is 16.5. The summed E-state index contributed by atoms with van der Waals surface area (Å²) in [5, 5.41) is 2.88. The van der Waals surface area contributed by atoms with Gasteiger partial charge in [-0.3, -0.25) is 4.79 Å². The fourth-order valence-electron chi connectivity index (χ4n) is 3.53. The number of methoxy groups -OCH3 is 1. The minimum Gasteiger partial charge on any atom is -0.497 e. The van der Waals surface area contributed by atoms with Gasteiger partial charge in [-0.15, -0.1) is 0 Å². The molecule has 2 aromatic carbocycles. The molecular formula is C22H22N4O3. The summed E-state index contributed by atoms with van der Waals surface area (Å²) in [5.41, 5.74) is 3.37. The molecule has 0 saturated heterocycles. The number of hydrogen-bond donors (Lipinski definition) is 2. The molecule has 1 aromatic heterocycles. The van der Waals surface area contributed by atoms with E-state index in [1.807, 2.05) is 12.1 Å². The third kappa shape index (κ3) is 4.13. The van der Waals surface area contributed by atoms with E-state index in [9.17, 15) is 9.59 Å². The number of carbonyl (C=O) groups is 1. The monoisotopic (exact) mass is 390 g/mol. The minimum absolute atomic E-state index is 0.192. The summed E-state index contributed by atoms with van der Waals surface area (Å²) in [6.07, 6.45) is 1.02. The molecule has 0 unspecified atom stereocenters. The van der Waals surface area contributed by atoms with E-state index in [0.717, 1.165) is 18.5 Å². The standard InChI is InChI=1S/C22H22N4O3/c1-29-17-8-6-15(7-9-17)18-14-19(25-22(28)24-18)21(27)23-11-13-26-12-10-16-4-2-3-5-20(16)26/h2-9,14H,10-13H2,1H3,(H,23,27)(H,24,25,28). The maximum absolute atomic E-state index is 12.6. The van der Waals surface area contributed by atoms with Crippen molar-refractivity contribution in [2.45, 2.75) is 6.42 Å². The van der Waals surface area contributed by atoms with E-state index in [4.69, 9.17) is 4.74 Å². The second kappa shape index (κ2) is 8.18. The SMILES string of the molecule is COc1ccc(-c2cc(C(=O)NCCN3CCc4ccccc43)[nH]c(=O)n2)cc1. The number of H-pyrrole nitrogens is 1. The first-order valence-corrected chi connectivity index (χ1v) is 9.51. The Morgan fingerprint density at radius 2 is 2.00 bits per heavy atom. The quantitative estimate of drug-likeness (QED) is 0.674. The third-order valence-electron chi connectivity index (χ3n) is 5.03. The van der Waals surface area contributed by atoms with Gasteiger partial charge in [-0.05, 0) is 48.4 Å². The third-order valence-corrected chi connectivity index (χ3v) is 5.03. The number of ether oxygens (including phenoxy) is 1. The number of rotatable bonds is 6. The fraction of sp³-hybridized carbons (Fsp3) is 0.227. The molecule has 7 heteroatoms. The van der Waals surface area contributed by atoms with Gasteiger partial charge in [0.2, 0.25) is 0 Å². The van der Waals surface area contributed by atoms with Crippen LogP contribution in [0.25, 0.3) is 11.3 Å². The van der Waals surface area contributed by atoms with Crippen LogP contribution in [0, 0.1) is 0 Å². The molecule has 0 saturated carbocycles. The Labute approximate surface area is 168 Å². The van der Waals surface area contributed by atoms with Crippen LogP contribution in [0.2, 0.25) is 0 Å². The van der Waals surface area contributed by atoms with Crippen LogP contribution >= 0.6 is 0 Å². The van der Waals surface area contributed by atoms with Gasteiger partial charge in [0.25, 0.3) is 5.91 Å². The number of anilines is 1. The van der Waals surface area contributed by atoms with Gasteiger partial charge in [-0.25, -0.2) is 4.79 Å². The zero-order valence-electron chi connectivity index (χ0n) is 16.1. The summed E-state index contributed by atoms with van der Waals surface area (Å²) in [4.78, 5) is 33.2. The van der Waals surface area contributed by atoms with E-state index < -0.39 is 5.69 Å². The maximum atomic E-state index is 12.6. The highest BCUT2D eigenvalue weighted by molar-refractivity contribution is 5.93. The number of fused-ring (bicyclic) bond motifs is 1. The lowest BCUT2D eigenvalue weighted by atomic mass is 10.1. The number of nitrogens with zero attached hydrogens (tertiary/aromatic N) is 2. The molecule has 2 N–H and O–H groups in total. The molecule has 3 aromatic rings. The van der Waals surface area contributed by atoms with Crippen LogP contribution in [0.15, 0.2) is 59.4 Å². The predicted molar refractivity (Wildman–Crippen MR) is 112 cm³/mol. The molecular weight excluding hydrogens is 368 g/mol. The van der Waals surface area contributed by atoms with Crippen molar-refractivity contribution >= 4 is 11.6 Å². The normalized spacial score (nSPS) is 12.5. The zero-order valence-corrected chi connectivity index (χ0v) is 16.1. The van der Waals surface area contributed by atoms with Crippen molar-refractivity contribution in [1.29, 1.82) is 0 Å². The van der Waals surface area contributed by atoms with Gasteiger partial charge in [0.15, 0.2) is 0 Å². The van der Waals surface area contributed by atoms with Crippen LogP contribution in [-0.2, 0) is 6.42 Å². The van der Waals surface area contributed by atoms with Crippen molar-refractivity contribution in [2.75, 3.05) is 31.6 Å². The predicted octanol–water partition coefficient (Wildman–Crippen LogP) is 2.24. The molecule has 4 rings (SSSR count). The van der Waals surface area contributed by atoms with Gasteiger partial charge in [0, 0.05) is 30.9 Å². The van der Waals surface area contributed by atoms with Crippen molar-refractivity contribution in [2.24, 2.45) is 0 Å². The summed E-state index contributed by atoms with van der Waals surface area (Å²) in [6.45, 7) is 2.14. The Bertz CT molecular complexity index is 1080. The van der Waals surface area contributed by atoms with E-state index in [2.05, 4.69) is 32.3 Å². The zero-order chi connectivity index (χ0) is 20.2. The number of benzene rings is 2. The van der Waals surface area contributed by atoms with Crippen LogP contribution in [0.1, 0.15) is 16.1 Å². The molecule has 1 aliphatic rings. The van der Waals surface area contributed by atoms with Gasteiger partial charge >= 0.3 is 5.69 Å². The average molecular weight is 390 g/mol. The number of hydrogen-bond acceptors (Lipinski definition) is 5. The summed E-state index contributed by atoms with van der Waals surface area (Å²) in [6, 6.07) is 17.1. The molecule has 0 spiro atoms. The Balaban J connectivity index is 1.42. The lowest BCUT2D eigenvalue weighted by molar-refractivity contribution is 0.0949. The lowest BCUT2D eigenvalue weighted by Gasteiger charge is -2.19. The number of nitrogens with one attached hydrogen (secondary N) is 2. The fourth-order valence-corrected chi connectivity index (χ4v) is 3.53. The highest BCUT2D eigenvalue weighted by Gasteiger charge is 2.18. The number of aromatic amines is 1. The van der Waals surface area contributed by atoms with E-state index in [-0.39, 0.29) is 11.6 Å². The van der Waals surface area contributed by atoms with Gasteiger partial charge in [-0.1, -0.05) is 18.2 Å². The van der Waals surface area contributed by atoms with E-state index in [0.29, 0.717) is 24.5 Å². The molecule has 1 aliphatic heterocycles. The lowest BCUT2D eigenvalue weighted by Crippen LogP contribution is -2.35.